The Kier molecular flexibility index (Phi) is 16.9. The molecule has 0 aromatic rings. The van der Waals surface area contributed by atoms with Crippen molar-refractivity contribution in [3.05, 3.63) is 85.1 Å². The molecular formula is C22H30O2. The largest absolute Gasteiger partial charge is 0.478 e. The second kappa shape index (κ2) is 18.7. The summed E-state index contributed by atoms with van der Waals surface area (Å²) in [5, 5.41) is 8.40. The number of carbonyl (C=O) groups is 1. The Labute approximate surface area is 147 Å². The minimum Gasteiger partial charge on any atom is -0.478 e. The molecule has 0 atom stereocenters. The van der Waals surface area contributed by atoms with Gasteiger partial charge in [-0.15, -0.1) is 0 Å². The molecule has 0 radical (unpaired) electrons. The predicted octanol–water partition coefficient (Wildman–Crippen LogP) is 6.32. The van der Waals surface area contributed by atoms with Crippen LogP contribution in [0.15, 0.2) is 85.1 Å². The van der Waals surface area contributed by atoms with Gasteiger partial charge >= 0.3 is 5.97 Å². The molecule has 0 spiro atoms. The van der Waals surface area contributed by atoms with Crippen LogP contribution in [0.4, 0.5) is 0 Å². The van der Waals surface area contributed by atoms with Crippen LogP contribution in [-0.4, -0.2) is 11.1 Å². The number of carboxylic acid groups (broad SMARTS) is 1. The highest BCUT2D eigenvalue weighted by Gasteiger charge is 1.80. The van der Waals surface area contributed by atoms with Gasteiger partial charge < -0.3 is 5.11 Å². The lowest BCUT2D eigenvalue weighted by molar-refractivity contribution is -0.131. The van der Waals surface area contributed by atoms with Crippen LogP contribution in [-0.2, 0) is 4.79 Å². The van der Waals surface area contributed by atoms with Gasteiger partial charge in [-0.3, -0.25) is 0 Å². The van der Waals surface area contributed by atoms with Crippen LogP contribution in [0.25, 0.3) is 0 Å². The molecule has 0 rings (SSSR count). The van der Waals surface area contributed by atoms with Gasteiger partial charge in [-0.05, 0) is 38.5 Å². The first-order chi connectivity index (χ1) is 11.8. The lowest BCUT2D eigenvalue weighted by atomic mass is 10.2. The Morgan fingerprint density at radius 3 is 1.75 bits per heavy atom. The minimum atomic E-state index is -0.928. The van der Waals surface area contributed by atoms with E-state index in [-0.39, 0.29) is 0 Å². The van der Waals surface area contributed by atoms with Gasteiger partial charge in [-0.25, -0.2) is 4.79 Å². The van der Waals surface area contributed by atoms with Crippen molar-refractivity contribution in [2.45, 2.75) is 45.4 Å². The second-order valence-corrected chi connectivity index (χ2v) is 5.09. The number of aliphatic carboxylic acids is 1. The first-order valence-electron chi connectivity index (χ1n) is 8.60. The Morgan fingerprint density at radius 2 is 1.17 bits per heavy atom. The van der Waals surface area contributed by atoms with Crippen LogP contribution in [0.1, 0.15) is 45.4 Å². The molecule has 2 nitrogen and oxygen atoms in total. The number of hydrogen-bond donors (Lipinski definition) is 1. The molecule has 0 aliphatic heterocycles. The quantitative estimate of drug-likeness (QED) is 0.186. The fourth-order valence-corrected chi connectivity index (χ4v) is 1.73. The van der Waals surface area contributed by atoms with Gasteiger partial charge in [0.05, 0.1) is 0 Å². The average molecular weight is 326 g/mol. The highest BCUT2D eigenvalue weighted by molar-refractivity contribution is 5.80. The maximum atomic E-state index is 10.2. The van der Waals surface area contributed by atoms with E-state index in [4.69, 9.17) is 5.11 Å². The summed E-state index contributed by atoms with van der Waals surface area (Å²) in [6.07, 6.45) is 33.8. The van der Waals surface area contributed by atoms with Crippen LogP contribution in [0.2, 0.25) is 0 Å². The lowest BCUT2D eigenvalue weighted by Gasteiger charge is -1.86. The van der Waals surface area contributed by atoms with Gasteiger partial charge in [-0.1, -0.05) is 85.9 Å². The Bertz CT molecular complexity index is 500. The maximum absolute atomic E-state index is 10.2. The van der Waals surface area contributed by atoms with Crippen LogP contribution >= 0.6 is 0 Å². The molecule has 0 saturated heterocycles. The minimum absolute atomic E-state index is 0.928. The van der Waals surface area contributed by atoms with E-state index < -0.39 is 5.97 Å². The van der Waals surface area contributed by atoms with E-state index in [1.54, 1.807) is 6.08 Å². The van der Waals surface area contributed by atoms with Gasteiger partial charge in [0.1, 0.15) is 0 Å². The molecule has 0 fully saturated rings. The second-order valence-electron chi connectivity index (χ2n) is 5.09. The van der Waals surface area contributed by atoms with E-state index in [1.165, 1.54) is 6.08 Å². The molecule has 0 amide bonds. The van der Waals surface area contributed by atoms with Crippen LogP contribution in [0.3, 0.4) is 0 Å². The third-order valence-corrected chi connectivity index (χ3v) is 2.93. The highest BCUT2D eigenvalue weighted by Crippen LogP contribution is 1.97. The molecule has 0 aliphatic rings. The standard InChI is InChI=1S/C22H30O2/c1-2-3-4-5-6-7-8-9-10-11-12-13-14-15-16-17-18-19-20-21-22(23)24/h3-4,6-7,9-10,12-13,16-21H,2,5,8,11,14-15H2,1H3,(H,23,24)/b4-3-,7-6-,10-9-,13-12+,17-16?,19-18?,21-20?. The summed E-state index contributed by atoms with van der Waals surface area (Å²) in [7, 11) is 0. The van der Waals surface area contributed by atoms with Crippen molar-refractivity contribution in [1.82, 2.24) is 0 Å². The Morgan fingerprint density at radius 1 is 0.667 bits per heavy atom. The summed E-state index contributed by atoms with van der Waals surface area (Å²) >= 11 is 0. The van der Waals surface area contributed by atoms with E-state index in [1.807, 2.05) is 12.2 Å². The third kappa shape index (κ3) is 19.7. The summed E-state index contributed by atoms with van der Waals surface area (Å²) in [4.78, 5) is 10.2. The maximum Gasteiger partial charge on any atom is 0.328 e. The fraction of sp³-hybridized carbons (Fsp3) is 0.318. The number of unbranched alkanes of at least 4 members (excludes halogenated alkanes) is 1. The van der Waals surface area contributed by atoms with Crippen LogP contribution in [0.5, 0.6) is 0 Å². The zero-order valence-electron chi connectivity index (χ0n) is 14.7. The smallest absolute Gasteiger partial charge is 0.328 e. The molecule has 0 aliphatic carbocycles. The third-order valence-electron chi connectivity index (χ3n) is 2.93. The summed E-state index contributed by atoms with van der Waals surface area (Å²) in [5.41, 5.74) is 0. The molecule has 0 aromatic heterocycles. The number of carboxylic acids is 1. The first-order valence-corrected chi connectivity index (χ1v) is 8.60. The molecule has 2 heteroatoms. The number of hydrogen-bond acceptors (Lipinski definition) is 1. The molecule has 0 bridgehead atoms. The van der Waals surface area contributed by atoms with Crippen molar-refractivity contribution in [3.63, 3.8) is 0 Å². The van der Waals surface area contributed by atoms with E-state index in [0.717, 1.165) is 44.6 Å². The number of allylic oxidation sites excluding steroid dienone is 13. The van der Waals surface area contributed by atoms with E-state index in [0.29, 0.717) is 0 Å². The average Bonchev–Trinajstić information content (AvgIpc) is 2.56. The van der Waals surface area contributed by atoms with Gasteiger partial charge in [0.2, 0.25) is 0 Å². The predicted molar refractivity (Wildman–Crippen MR) is 105 cm³/mol. The van der Waals surface area contributed by atoms with Gasteiger partial charge in [0, 0.05) is 6.08 Å². The van der Waals surface area contributed by atoms with Gasteiger partial charge in [-0.2, -0.15) is 0 Å². The summed E-state index contributed by atoms with van der Waals surface area (Å²) in [6.45, 7) is 2.15. The summed E-state index contributed by atoms with van der Waals surface area (Å²) in [6, 6.07) is 0. The van der Waals surface area contributed by atoms with Crippen LogP contribution < -0.4 is 0 Å². The molecule has 0 aromatic carbocycles. The zero-order valence-corrected chi connectivity index (χ0v) is 14.7. The molecule has 130 valence electrons. The van der Waals surface area contributed by atoms with Crippen molar-refractivity contribution in [2.75, 3.05) is 0 Å². The van der Waals surface area contributed by atoms with Crippen molar-refractivity contribution in [3.8, 4) is 0 Å². The summed E-state index contributed by atoms with van der Waals surface area (Å²) < 4.78 is 0. The normalized spacial score (nSPS) is 13.4. The van der Waals surface area contributed by atoms with Crippen molar-refractivity contribution < 1.29 is 9.90 Å². The van der Waals surface area contributed by atoms with Crippen LogP contribution in [0, 0.1) is 0 Å². The zero-order chi connectivity index (χ0) is 17.7. The molecule has 1 N–H and O–H groups in total. The SMILES string of the molecule is CC/C=C\C/C=C\C/C=C\C/C=C/CCC=CC=CC=CC(=O)O. The molecule has 0 heterocycles. The van der Waals surface area contributed by atoms with Gasteiger partial charge in [0.25, 0.3) is 0 Å². The van der Waals surface area contributed by atoms with E-state index >= 15 is 0 Å². The Balaban J connectivity index is 3.57. The van der Waals surface area contributed by atoms with Gasteiger partial charge in [0.15, 0.2) is 0 Å². The lowest BCUT2D eigenvalue weighted by Crippen LogP contribution is -1.84. The van der Waals surface area contributed by atoms with E-state index in [9.17, 15) is 4.79 Å². The molecular weight excluding hydrogens is 296 g/mol. The fourth-order valence-electron chi connectivity index (χ4n) is 1.73. The summed E-state index contributed by atoms with van der Waals surface area (Å²) in [5.74, 6) is -0.928. The van der Waals surface area contributed by atoms with Crippen molar-refractivity contribution in [2.24, 2.45) is 0 Å². The highest BCUT2D eigenvalue weighted by atomic mass is 16.4. The van der Waals surface area contributed by atoms with E-state index in [2.05, 4.69) is 61.6 Å². The molecule has 24 heavy (non-hydrogen) atoms. The molecule has 0 saturated carbocycles. The van der Waals surface area contributed by atoms with Crippen molar-refractivity contribution in [1.29, 1.82) is 0 Å². The first kappa shape index (κ1) is 21.6. The topological polar surface area (TPSA) is 37.3 Å². The Hall–Kier alpha value is -2.35. The van der Waals surface area contributed by atoms with Crippen molar-refractivity contribution >= 4 is 5.97 Å². The monoisotopic (exact) mass is 326 g/mol. The molecule has 0 unspecified atom stereocenters. The number of rotatable bonds is 13.